The van der Waals surface area contributed by atoms with Crippen LogP contribution in [0.2, 0.25) is 0 Å². The van der Waals surface area contributed by atoms with Gasteiger partial charge in [0.2, 0.25) is 0 Å². The molecule has 0 bridgehead atoms. The fourth-order valence-corrected chi connectivity index (χ4v) is 2.58. The molecule has 1 saturated heterocycles. The molecule has 1 aromatic carbocycles. The van der Waals surface area contributed by atoms with E-state index >= 15 is 0 Å². The number of carboxylic acids is 1. The number of aliphatic carboxylic acids is 1. The van der Waals surface area contributed by atoms with E-state index in [2.05, 4.69) is 0 Å². The van der Waals surface area contributed by atoms with Gasteiger partial charge in [0.15, 0.2) is 0 Å². The van der Waals surface area contributed by atoms with Gasteiger partial charge < -0.3 is 10.0 Å². The topological polar surface area (TPSA) is 60.9 Å². The molecule has 1 aliphatic rings. The monoisotopic (exact) mass is 276 g/mol. The van der Waals surface area contributed by atoms with Gasteiger partial charge in [-0.1, -0.05) is 12.1 Å². The molecule has 108 valence electrons. The summed E-state index contributed by atoms with van der Waals surface area (Å²) in [6.45, 7) is 3.15. The second kappa shape index (κ2) is 5.94. The Morgan fingerprint density at radius 3 is 2.85 bits per heavy atom. The number of aryl methyl sites for hydroxylation is 1. The summed E-state index contributed by atoms with van der Waals surface area (Å²) in [5, 5.41) is 8.80. The van der Waals surface area contributed by atoms with Crippen molar-refractivity contribution in [3.8, 4) is 0 Å². The molecule has 1 heterocycles. The zero-order valence-corrected chi connectivity index (χ0v) is 11.9. The number of urea groups is 1. The van der Waals surface area contributed by atoms with Gasteiger partial charge in [0.25, 0.3) is 0 Å². The number of carboxylic acid groups (broad SMARTS) is 1. The van der Waals surface area contributed by atoms with Crippen molar-refractivity contribution in [2.24, 2.45) is 5.92 Å². The Kier molecular flexibility index (Phi) is 4.27. The van der Waals surface area contributed by atoms with Gasteiger partial charge in [-0.05, 0) is 37.0 Å². The first-order chi connectivity index (χ1) is 9.47. The first-order valence-corrected chi connectivity index (χ1v) is 6.78. The van der Waals surface area contributed by atoms with E-state index in [4.69, 9.17) is 5.11 Å². The van der Waals surface area contributed by atoms with Crippen LogP contribution in [-0.4, -0.2) is 42.1 Å². The lowest BCUT2D eigenvalue weighted by molar-refractivity contribution is -0.138. The molecule has 2 amide bonds. The highest BCUT2D eigenvalue weighted by molar-refractivity contribution is 5.91. The van der Waals surface area contributed by atoms with E-state index in [1.807, 2.05) is 31.2 Å². The second-order valence-corrected chi connectivity index (χ2v) is 5.38. The van der Waals surface area contributed by atoms with Crippen molar-refractivity contribution in [2.75, 3.05) is 25.0 Å². The van der Waals surface area contributed by atoms with Crippen LogP contribution in [-0.2, 0) is 4.79 Å². The smallest absolute Gasteiger partial charge is 0.324 e. The Hall–Kier alpha value is -2.04. The summed E-state index contributed by atoms with van der Waals surface area (Å²) in [5.41, 5.74) is 1.96. The van der Waals surface area contributed by atoms with E-state index in [1.165, 1.54) is 0 Å². The summed E-state index contributed by atoms with van der Waals surface area (Å²) < 4.78 is 0. The van der Waals surface area contributed by atoms with Gasteiger partial charge in [-0.15, -0.1) is 0 Å². The van der Waals surface area contributed by atoms with Crippen LogP contribution in [0.4, 0.5) is 10.5 Å². The number of anilines is 1. The number of carbonyl (C=O) groups excluding carboxylic acids is 1. The standard InChI is InChI=1S/C15H20N2O3/c1-11-4-3-5-13(8-11)16(2)15(20)17-7-6-12(10-17)9-14(18)19/h3-5,8,12H,6-7,9-10H2,1-2H3,(H,18,19). The van der Waals surface area contributed by atoms with Gasteiger partial charge in [-0.25, -0.2) is 4.79 Å². The summed E-state index contributed by atoms with van der Waals surface area (Å²) >= 11 is 0. The maximum absolute atomic E-state index is 12.4. The summed E-state index contributed by atoms with van der Waals surface area (Å²) in [5.74, 6) is -0.723. The highest BCUT2D eigenvalue weighted by atomic mass is 16.4. The maximum Gasteiger partial charge on any atom is 0.324 e. The molecule has 20 heavy (non-hydrogen) atoms. The van der Waals surface area contributed by atoms with Crippen LogP contribution >= 0.6 is 0 Å². The SMILES string of the molecule is Cc1cccc(N(C)C(=O)N2CCC(CC(=O)O)C2)c1. The van der Waals surface area contributed by atoms with Crippen LogP contribution in [0, 0.1) is 12.8 Å². The van der Waals surface area contributed by atoms with Gasteiger partial charge in [0.05, 0.1) is 0 Å². The number of hydrogen-bond donors (Lipinski definition) is 1. The number of hydrogen-bond acceptors (Lipinski definition) is 2. The molecule has 2 rings (SSSR count). The van der Waals surface area contributed by atoms with Crippen molar-refractivity contribution in [2.45, 2.75) is 19.8 Å². The quantitative estimate of drug-likeness (QED) is 0.921. The first kappa shape index (κ1) is 14.4. The van der Waals surface area contributed by atoms with Crippen LogP contribution in [0.3, 0.4) is 0 Å². The number of amides is 2. The number of benzene rings is 1. The molecule has 5 nitrogen and oxygen atoms in total. The van der Waals surface area contributed by atoms with Gasteiger partial charge >= 0.3 is 12.0 Å². The minimum atomic E-state index is -0.795. The molecule has 1 atom stereocenters. The third-order valence-corrected chi connectivity index (χ3v) is 3.70. The highest BCUT2D eigenvalue weighted by Gasteiger charge is 2.29. The van der Waals surface area contributed by atoms with Gasteiger partial charge in [0.1, 0.15) is 0 Å². The Morgan fingerprint density at radius 2 is 2.20 bits per heavy atom. The third-order valence-electron chi connectivity index (χ3n) is 3.70. The Labute approximate surface area is 118 Å². The molecule has 1 aliphatic heterocycles. The molecule has 1 N–H and O–H groups in total. The summed E-state index contributed by atoms with van der Waals surface area (Å²) in [7, 11) is 1.75. The van der Waals surface area contributed by atoms with Gasteiger partial charge in [-0.2, -0.15) is 0 Å². The summed E-state index contributed by atoms with van der Waals surface area (Å²) in [4.78, 5) is 26.5. The number of nitrogens with zero attached hydrogens (tertiary/aromatic N) is 2. The van der Waals surface area contributed by atoms with Crippen LogP contribution in [0.25, 0.3) is 0 Å². The number of carbonyl (C=O) groups is 2. The molecule has 0 spiro atoms. The fourth-order valence-electron chi connectivity index (χ4n) is 2.58. The average molecular weight is 276 g/mol. The number of rotatable bonds is 3. The molecule has 0 aliphatic carbocycles. The predicted octanol–water partition coefficient (Wildman–Crippen LogP) is 2.35. The van der Waals surface area contributed by atoms with Crippen LogP contribution in [0.15, 0.2) is 24.3 Å². The van der Waals surface area contributed by atoms with E-state index in [9.17, 15) is 9.59 Å². The molecule has 1 aromatic rings. The van der Waals surface area contributed by atoms with Gasteiger partial charge in [0, 0.05) is 32.2 Å². The Balaban J connectivity index is 2.00. The van der Waals surface area contributed by atoms with E-state index in [1.54, 1.807) is 16.8 Å². The third kappa shape index (κ3) is 3.29. The molecule has 0 aromatic heterocycles. The minimum absolute atomic E-state index is 0.0662. The molecule has 1 unspecified atom stereocenters. The van der Waals surface area contributed by atoms with Crippen molar-refractivity contribution >= 4 is 17.7 Å². The fraction of sp³-hybridized carbons (Fsp3) is 0.467. The van der Waals surface area contributed by atoms with Crippen LogP contribution < -0.4 is 4.90 Å². The molecular weight excluding hydrogens is 256 g/mol. The highest BCUT2D eigenvalue weighted by Crippen LogP contribution is 2.23. The zero-order chi connectivity index (χ0) is 14.7. The van der Waals surface area contributed by atoms with E-state index in [-0.39, 0.29) is 18.4 Å². The second-order valence-electron chi connectivity index (χ2n) is 5.38. The molecule has 0 radical (unpaired) electrons. The lowest BCUT2D eigenvalue weighted by atomic mass is 10.1. The maximum atomic E-state index is 12.4. The number of likely N-dealkylation sites (tertiary alicyclic amines) is 1. The molecular formula is C15H20N2O3. The van der Waals surface area contributed by atoms with Gasteiger partial charge in [-0.3, -0.25) is 9.69 Å². The first-order valence-electron chi connectivity index (χ1n) is 6.78. The molecule has 1 fully saturated rings. The Morgan fingerprint density at radius 1 is 1.45 bits per heavy atom. The normalized spacial score (nSPS) is 18.1. The van der Waals surface area contributed by atoms with E-state index < -0.39 is 5.97 Å². The molecule has 0 saturated carbocycles. The largest absolute Gasteiger partial charge is 0.481 e. The van der Waals surface area contributed by atoms with Crippen molar-refractivity contribution in [3.63, 3.8) is 0 Å². The van der Waals surface area contributed by atoms with E-state index in [0.29, 0.717) is 13.1 Å². The molecule has 5 heteroatoms. The lowest BCUT2D eigenvalue weighted by Gasteiger charge is -2.25. The van der Waals surface area contributed by atoms with E-state index in [0.717, 1.165) is 17.7 Å². The predicted molar refractivity (Wildman–Crippen MR) is 76.9 cm³/mol. The van der Waals surface area contributed by atoms with Crippen molar-refractivity contribution < 1.29 is 14.7 Å². The van der Waals surface area contributed by atoms with Crippen LogP contribution in [0.5, 0.6) is 0 Å². The Bertz CT molecular complexity index is 516. The minimum Gasteiger partial charge on any atom is -0.481 e. The van der Waals surface area contributed by atoms with Crippen LogP contribution in [0.1, 0.15) is 18.4 Å². The summed E-state index contributed by atoms with van der Waals surface area (Å²) in [6, 6.07) is 7.70. The zero-order valence-electron chi connectivity index (χ0n) is 11.9. The van der Waals surface area contributed by atoms with Crippen molar-refractivity contribution in [1.29, 1.82) is 0 Å². The van der Waals surface area contributed by atoms with Crippen molar-refractivity contribution in [1.82, 2.24) is 4.90 Å². The lowest BCUT2D eigenvalue weighted by Crippen LogP contribution is -2.40. The van der Waals surface area contributed by atoms with Crippen molar-refractivity contribution in [3.05, 3.63) is 29.8 Å². The summed E-state index contributed by atoms with van der Waals surface area (Å²) in [6.07, 6.45) is 0.900. The average Bonchev–Trinajstić information content (AvgIpc) is 2.84.